The molecule has 170 valence electrons. The van der Waals surface area contributed by atoms with Crippen LogP contribution in [0.4, 0.5) is 5.69 Å². The molecule has 1 aliphatic rings. The number of benzene rings is 2. The lowest BCUT2D eigenvalue weighted by Gasteiger charge is -2.27. The van der Waals surface area contributed by atoms with E-state index in [0.29, 0.717) is 22.0 Å². The smallest absolute Gasteiger partial charge is 0.298 e. The molecule has 0 bridgehead atoms. The summed E-state index contributed by atoms with van der Waals surface area (Å²) in [6.07, 6.45) is 0.469. The number of rotatable bonds is 7. The molecule has 1 aliphatic heterocycles. The lowest BCUT2D eigenvalue weighted by atomic mass is 9.98. The van der Waals surface area contributed by atoms with Crippen molar-refractivity contribution in [2.45, 2.75) is 32.7 Å². The normalized spacial score (nSPS) is 17.2. The Kier molecular flexibility index (Phi) is 7.33. The number of carbonyl (C=O) groups excluding carboxylic acids is 2. The third-order valence-electron chi connectivity index (χ3n) is 5.34. The summed E-state index contributed by atoms with van der Waals surface area (Å²) in [6, 6.07) is 13.9. The lowest BCUT2D eigenvalue weighted by Crippen LogP contribution is -2.43. The highest BCUT2D eigenvalue weighted by Crippen LogP contribution is 2.33. The number of aliphatic imine (C=N–C) groups is 1. The second-order valence-electron chi connectivity index (χ2n) is 7.65. The molecule has 3 rings (SSSR count). The van der Waals surface area contributed by atoms with E-state index < -0.39 is 22.2 Å². The highest BCUT2D eigenvalue weighted by Gasteiger charge is 2.35. The minimum Gasteiger partial charge on any atom is -0.309 e. The molecule has 8 nitrogen and oxygen atoms in total. The zero-order chi connectivity index (χ0) is 23.5. The van der Waals surface area contributed by atoms with Gasteiger partial charge in [-0.25, -0.2) is 9.86 Å². The van der Waals surface area contributed by atoms with E-state index in [2.05, 4.69) is 0 Å². The number of carbonyl (C=O) groups is 2. The third kappa shape index (κ3) is 5.53. The molecule has 2 atom stereocenters. The summed E-state index contributed by atoms with van der Waals surface area (Å²) in [5.74, 6) is -1.13. The predicted molar refractivity (Wildman–Crippen MR) is 125 cm³/mol. The van der Waals surface area contributed by atoms with Crippen molar-refractivity contribution >= 4 is 45.0 Å². The van der Waals surface area contributed by atoms with E-state index in [1.165, 1.54) is 4.90 Å². The molecule has 2 amide bonds. The maximum absolute atomic E-state index is 13.6. The second-order valence-corrected chi connectivity index (χ2v) is 9.38. The van der Waals surface area contributed by atoms with E-state index in [4.69, 9.17) is 21.7 Å². The van der Waals surface area contributed by atoms with Crippen LogP contribution in [0.2, 0.25) is 5.02 Å². The zero-order valence-corrected chi connectivity index (χ0v) is 19.4. The van der Waals surface area contributed by atoms with Gasteiger partial charge in [0, 0.05) is 29.1 Å². The predicted octanol–water partition coefficient (Wildman–Crippen LogP) is 2.65. The molecule has 10 heteroatoms. The molecule has 1 unspecified atom stereocenters. The number of fused-ring (bicyclic) bond motifs is 1. The Morgan fingerprint density at radius 1 is 1.25 bits per heavy atom. The maximum atomic E-state index is 13.6. The lowest BCUT2D eigenvalue weighted by molar-refractivity contribution is -0.121. The van der Waals surface area contributed by atoms with Gasteiger partial charge in [-0.3, -0.25) is 14.6 Å². The van der Waals surface area contributed by atoms with Crippen LogP contribution < -0.4 is 14.8 Å². The standard InChI is InChI=1S/C22H25ClN4O4S/c1-3-14(2)20-22(29)27(12-11-19(28)26-32(24,30)31)18-10-9-16(23)13-17(18)21(25-20)15-7-5-4-6-8-15/h4-10,13-14,20H,3,11-12H2,1-2H3,(H,26,28)(H2,24,30,31)/t14?,20-/m0/s1. The number of nitrogens with one attached hydrogen (secondary N) is 1. The second kappa shape index (κ2) is 9.81. The summed E-state index contributed by atoms with van der Waals surface area (Å²) < 4.78 is 24.0. The molecule has 0 aromatic heterocycles. The van der Waals surface area contributed by atoms with Gasteiger partial charge in [0.25, 0.3) is 16.1 Å². The quantitative estimate of drug-likeness (QED) is 0.637. The van der Waals surface area contributed by atoms with Crippen molar-refractivity contribution < 1.29 is 18.0 Å². The average molecular weight is 477 g/mol. The Morgan fingerprint density at radius 3 is 2.56 bits per heavy atom. The Hall–Kier alpha value is -2.75. The molecule has 3 N–H and O–H groups in total. The number of anilines is 1. The van der Waals surface area contributed by atoms with Crippen molar-refractivity contribution in [1.29, 1.82) is 0 Å². The van der Waals surface area contributed by atoms with Crippen LogP contribution in [0, 0.1) is 5.92 Å². The number of nitrogens with zero attached hydrogens (tertiary/aromatic N) is 2. The SMILES string of the molecule is CCC(C)[C@@H]1N=C(c2ccccc2)c2cc(Cl)ccc2N(CCC(=O)NS(N)(=O)=O)C1=O. The summed E-state index contributed by atoms with van der Waals surface area (Å²) >= 11 is 6.29. The van der Waals surface area contributed by atoms with Gasteiger partial charge in [0.15, 0.2) is 0 Å². The highest BCUT2D eigenvalue weighted by molar-refractivity contribution is 7.87. The topological polar surface area (TPSA) is 122 Å². The summed E-state index contributed by atoms with van der Waals surface area (Å²) in [5, 5.41) is 5.36. The fraction of sp³-hybridized carbons (Fsp3) is 0.318. The van der Waals surface area contributed by atoms with Gasteiger partial charge in [0.1, 0.15) is 6.04 Å². The monoisotopic (exact) mass is 476 g/mol. The highest BCUT2D eigenvalue weighted by atomic mass is 35.5. The number of benzodiazepines with no additional fused rings is 1. The van der Waals surface area contributed by atoms with Crippen molar-refractivity contribution in [1.82, 2.24) is 4.72 Å². The molecule has 0 saturated heterocycles. The van der Waals surface area contributed by atoms with Crippen molar-refractivity contribution in [2.75, 3.05) is 11.4 Å². The summed E-state index contributed by atoms with van der Waals surface area (Å²) in [4.78, 5) is 32.0. The van der Waals surface area contributed by atoms with E-state index in [-0.39, 0.29) is 24.8 Å². The molecule has 2 aromatic carbocycles. The van der Waals surface area contributed by atoms with Gasteiger partial charge < -0.3 is 4.90 Å². The van der Waals surface area contributed by atoms with E-state index in [0.717, 1.165) is 12.0 Å². The van der Waals surface area contributed by atoms with Crippen molar-refractivity contribution in [2.24, 2.45) is 16.0 Å². The average Bonchev–Trinajstić information content (AvgIpc) is 2.85. The molecule has 2 aromatic rings. The summed E-state index contributed by atoms with van der Waals surface area (Å²) in [5.41, 5.74) is 2.69. The minimum atomic E-state index is -4.18. The maximum Gasteiger partial charge on any atom is 0.298 e. The van der Waals surface area contributed by atoms with Crippen LogP contribution in [-0.2, 0) is 19.8 Å². The Morgan fingerprint density at radius 2 is 1.94 bits per heavy atom. The minimum absolute atomic E-state index is 0.0423. The first-order valence-electron chi connectivity index (χ1n) is 10.2. The van der Waals surface area contributed by atoms with Crippen LogP contribution in [0.25, 0.3) is 0 Å². The number of hydrogen-bond donors (Lipinski definition) is 2. The van der Waals surface area contributed by atoms with E-state index >= 15 is 0 Å². The molecular weight excluding hydrogens is 452 g/mol. The molecular formula is C22H25ClN4O4S. The van der Waals surface area contributed by atoms with Crippen molar-refractivity contribution in [3.63, 3.8) is 0 Å². The van der Waals surface area contributed by atoms with Crippen LogP contribution in [0.3, 0.4) is 0 Å². The first kappa shape index (κ1) is 23.9. The van der Waals surface area contributed by atoms with Gasteiger partial charge in [0.2, 0.25) is 5.91 Å². The fourth-order valence-corrected chi connectivity index (χ4v) is 4.14. The van der Waals surface area contributed by atoms with Crippen molar-refractivity contribution in [3.05, 3.63) is 64.7 Å². The Labute approximate surface area is 192 Å². The first-order chi connectivity index (χ1) is 15.1. The van der Waals surface area contributed by atoms with Gasteiger partial charge in [-0.1, -0.05) is 62.2 Å². The first-order valence-corrected chi connectivity index (χ1v) is 12.1. The molecule has 1 heterocycles. The molecule has 0 aliphatic carbocycles. The third-order valence-corrected chi connectivity index (χ3v) is 6.09. The largest absolute Gasteiger partial charge is 0.309 e. The Bertz CT molecular complexity index is 1150. The van der Waals surface area contributed by atoms with E-state index in [1.54, 1.807) is 22.9 Å². The molecule has 0 fully saturated rings. The fourth-order valence-electron chi connectivity index (χ4n) is 3.55. The molecule has 0 radical (unpaired) electrons. The zero-order valence-electron chi connectivity index (χ0n) is 17.8. The Balaban J connectivity index is 2.10. The van der Waals surface area contributed by atoms with E-state index in [1.807, 2.05) is 44.2 Å². The molecule has 32 heavy (non-hydrogen) atoms. The summed E-state index contributed by atoms with van der Waals surface area (Å²) in [7, 11) is -4.18. The van der Waals surface area contributed by atoms with Crippen LogP contribution in [-0.4, -0.2) is 38.5 Å². The van der Waals surface area contributed by atoms with Gasteiger partial charge in [-0.05, 0) is 24.1 Å². The summed E-state index contributed by atoms with van der Waals surface area (Å²) in [6.45, 7) is 3.89. The van der Waals surface area contributed by atoms with Gasteiger partial charge in [0.05, 0.1) is 11.4 Å². The van der Waals surface area contributed by atoms with Gasteiger partial charge >= 0.3 is 0 Å². The molecule has 0 spiro atoms. The van der Waals surface area contributed by atoms with Gasteiger partial charge in [-0.2, -0.15) is 8.42 Å². The molecule has 0 saturated carbocycles. The number of hydrogen-bond acceptors (Lipinski definition) is 5. The van der Waals surface area contributed by atoms with Crippen molar-refractivity contribution in [3.8, 4) is 0 Å². The number of halogens is 1. The van der Waals surface area contributed by atoms with Crippen LogP contribution >= 0.6 is 11.6 Å². The number of nitrogens with two attached hydrogens (primary N) is 1. The van der Waals surface area contributed by atoms with Gasteiger partial charge in [-0.15, -0.1) is 0 Å². The van der Waals surface area contributed by atoms with E-state index in [9.17, 15) is 18.0 Å². The van der Waals surface area contributed by atoms with Crippen LogP contribution in [0.1, 0.15) is 37.8 Å². The number of amides is 2. The van der Waals surface area contributed by atoms with Crippen LogP contribution in [0.15, 0.2) is 53.5 Å². The van der Waals surface area contributed by atoms with Crippen LogP contribution in [0.5, 0.6) is 0 Å².